The number of aliphatic hydroxyl groups is 1. The normalized spacial score (nSPS) is 20.0. The second-order valence-corrected chi connectivity index (χ2v) is 12.4. The van der Waals surface area contributed by atoms with E-state index in [9.17, 15) is 13.2 Å². The lowest BCUT2D eigenvalue weighted by molar-refractivity contribution is -0.130. The highest BCUT2D eigenvalue weighted by Crippen LogP contribution is 2.44. The minimum absolute atomic E-state index is 0.0358. The molecule has 1 fully saturated rings. The zero-order valence-corrected chi connectivity index (χ0v) is 24.2. The van der Waals surface area contributed by atoms with E-state index in [0.29, 0.717) is 35.7 Å². The number of carbonyl (C=O) groups excluding carboxylic acids is 1. The molecule has 222 valence electrons. The van der Waals surface area contributed by atoms with E-state index in [1.807, 2.05) is 6.07 Å². The Balaban J connectivity index is 1.53. The first kappa shape index (κ1) is 29.6. The van der Waals surface area contributed by atoms with Crippen LogP contribution in [0.15, 0.2) is 88.8 Å². The molecule has 0 aromatic heterocycles. The van der Waals surface area contributed by atoms with Crippen LogP contribution in [0.4, 0.5) is 0 Å². The van der Waals surface area contributed by atoms with Gasteiger partial charge in [-0.25, -0.2) is 18.8 Å². The molecular formula is C31H35N3O7S. The predicted molar refractivity (Wildman–Crippen MR) is 157 cm³/mol. The van der Waals surface area contributed by atoms with Crippen LogP contribution < -0.4 is 20.3 Å². The summed E-state index contributed by atoms with van der Waals surface area (Å²) in [5, 5.41) is 9.01. The summed E-state index contributed by atoms with van der Waals surface area (Å²) in [7, 11) is -2.19. The molecule has 1 aliphatic carbocycles. The number of aliphatic imine (C=N–C) groups is 1. The number of methoxy groups -OCH3 is 1. The summed E-state index contributed by atoms with van der Waals surface area (Å²) < 4.78 is 44.3. The molecule has 0 spiro atoms. The van der Waals surface area contributed by atoms with Crippen molar-refractivity contribution in [3.05, 3.63) is 90.0 Å². The largest absolute Gasteiger partial charge is 0.497 e. The fourth-order valence-electron chi connectivity index (χ4n) is 4.71. The van der Waals surface area contributed by atoms with Gasteiger partial charge in [0.25, 0.3) is 5.91 Å². The summed E-state index contributed by atoms with van der Waals surface area (Å²) in [5.41, 5.74) is 5.45. The van der Waals surface area contributed by atoms with E-state index >= 15 is 0 Å². The molecule has 1 saturated carbocycles. The number of aliphatic hydroxyl groups excluding tert-OH is 1. The smallest absolute Gasteiger partial charge is 0.266 e. The number of amides is 1. The summed E-state index contributed by atoms with van der Waals surface area (Å²) in [5.74, 6) is 0.581. The van der Waals surface area contributed by atoms with Gasteiger partial charge in [0.1, 0.15) is 11.5 Å². The Bertz CT molecular complexity index is 1510. The number of ether oxygens (including phenoxy) is 3. The van der Waals surface area contributed by atoms with E-state index < -0.39 is 27.4 Å². The monoisotopic (exact) mass is 593 g/mol. The third-order valence-corrected chi connectivity index (χ3v) is 8.98. The van der Waals surface area contributed by atoms with Crippen molar-refractivity contribution in [2.45, 2.75) is 48.3 Å². The first-order valence-electron chi connectivity index (χ1n) is 13.9. The first-order valence-corrected chi connectivity index (χ1v) is 15.6. The van der Waals surface area contributed by atoms with Crippen LogP contribution >= 0.6 is 0 Å². The quantitative estimate of drug-likeness (QED) is 0.191. The van der Waals surface area contributed by atoms with Crippen LogP contribution in [0.1, 0.15) is 42.9 Å². The van der Waals surface area contributed by atoms with E-state index in [4.69, 9.17) is 24.3 Å². The molecule has 3 N–H and O–H groups in total. The molecule has 2 atom stereocenters. The minimum Gasteiger partial charge on any atom is -0.497 e. The van der Waals surface area contributed by atoms with Crippen LogP contribution in [0.25, 0.3) is 0 Å². The molecule has 11 heteroatoms. The van der Waals surface area contributed by atoms with Crippen molar-refractivity contribution in [2.75, 3.05) is 26.1 Å². The molecule has 1 aliphatic heterocycles. The van der Waals surface area contributed by atoms with Gasteiger partial charge in [0, 0.05) is 31.1 Å². The van der Waals surface area contributed by atoms with Crippen LogP contribution in [-0.2, 0) is 19.4 Å². The molecule has 0 radical (unpaired) electrons. The van der Waals surface area contributed by atoms with Crippen molar-refractivity contribution >= 4 is 21.6 Å². The minimum atomic E-state index is -3.74. The Labute approximate surface area is 245 Å². The maximum atomic E-state index is 14.0. The zero-order valence-electron chi connectivity index (χ0n) is 23.4. The van der Waals surface area contributed by atoms with E-state index in [1.165, 1.54) is 0 Å². The van der Waals surface area contributed by atoms with Crippen molar-refractivity contribution in [2.24, 2.45) is 4.99 Å². The van der Waals surface area contributed by atoms with Gasteiger partial charge in [-0.3, -0.25) is 10.2 Å². The Kier molecular flexibility index (Phi) is 9.10. The third-order valence-electron chi connectivity index (χ3n) is 7.25. The van der Waals surface area contributed by atoms with Crippen molar-refractivity contribution < 1.29 is 32.5 Å². The number of hydrogen-bond acceptors (Lipinski definition) is 9. The van der Waals surface area contributed by atoms with Gasteiger partial charge in [0.2, 0.25) is 5.90 Å². The number of hydrazine groups is 1. The van der Waals surface area contributed by atoms with Crippen LogP contribution in [0.2, 0.25) is 0 Å². The SMILES string of the molecule is COc1cccc([C@@H]2OC(c3ccc(OCCCO)cc3)=N[C@]2(CCS(=O)(=O)c2ccccc2)C(=O)NNC2CC2)c1. The Hall–Kier alpha value is -3.93. The van der Waals surface area contributed by atoms with Crippen molar-refractivity contribution in [3.63, 3.8) is 0 Å². The Morgan fingerprint density at radius 3 is 2.50 bits per heavy atom. The van der Waals surface area contributed by atoms with Crippen molar-refractivity contribution in [1.29, 1.82) is 0 Å². The molecule has 5 rings (SSSR count). The molecular weight excluding hydrogens is 558 g/mol. The molecule has 3 aromatic carbocycles. The second-order valence-electron chi connectivity index (χ2n) is 10.3. The van der Waals surface area contributed by atoms with Gasteiger partial charge < -0.3 is 19.3 Å². The molecule has 10 nitrogen and oxygen atoms in total. The van der Waals surface area contributed by atoms with Crippen LogP contribution in [0.5, 0.6) is 11.5 Å². The summed E-state index contributed by atoms with van der Waals surface area (Å²) in [6, 6.07) is 22.5. The highest BCUT2D eigenvalue weighted by Gasteiger charge is 2.54. The predicted octanol–water partition coefficient (Wildman–Crippen LogP) is 3.36. The maximum Gasteiger partial charge on any atom is 0.266 e. The fraction of sp³-hybridized carbons (Fsp3) is 0.355. The van der Waals surface area contributed by atoms with Crippen LogP contribution in [0.3, 0.4) is 0 Å². The lowest BCUT2D eigenvalue weighted by Gasteiger charge is -2.30. The molecule has 1 heterocycles. The first-order chi connectivity index (χ1) is 20.3. The van der Waals surface area contributed by atoms with Gasteiger partial charge in [-0.05, 0) is 66.9 Å². The fourth-order valence-corrected chi connectivity index (χ4v) is 6.10. The van der Waals surface area contributed by atoms with Gasteiger partial charge in [0.05, 0.1) is 24.4 Å². The van der Waals surface area contributed by atoms with Gasteiger partial charge in [-0.1, -0.05) is 30.3 Å². The van der Waals surface area contributed by atoms with Crippen molar-refractivity contribution in [1.82, 2.24) is 10.9 Å². The van der Waals surface area contributed by atoms with Gasteiger partial charge in [-0.2, -0.15) is 0 Å². The number of rotatable bonds is 14. The average Bonchev–Trinajstić information content (AvgIpc) is 3.77. The number of nitrogens with one attached hydrogen (secondary N) is 2. The van der Waals surface area contributed by atoms with E-state index in [-0.39, 0.29) is 35.6 Å². The molecule has 1 amide bonds. The third kappa shape index (κ3) is 6.75. The molecule has 2 aliphatic rings. The highest BCUT2D eigenvalue weighted by atomic mass is 32.2. The summed E-state index contributed by atoms with van der Waals surface area (Å²) >= 11 is 0. The topological polar surface area (TPSA) is 136 Å². The highest BCUT2D eigenvalue weighted by molar-refractivity contribution is 7.91. The molecule has 0 bridgehead atoms. The van der Waals surface area contributed by atoms with E-state index in [0.717, 1.165) is 12.8 Å². The second kappa shape index (κ2) is 12.9. The van der Waals surface area contributed by atoms with Gasteiger partial charge in [-0.15, -0.1) is 0 Å². The van der Waals surface area contributed by atoms with Gasteiger partial charge in [0.15, 0.2) is 21.5 Å². The zero-order chi connectivity index (χ0) is 29.6. The maximum absolute atomic E-state index is 14.0. The summed E-state index contributed by atoms with van der Waals surface area (Å²) in [6.45, 7) is 0.409. The average molecular weight is 594 g/mol. The number of hydrogen-bond donors (Lipinski definition) is 3. The lowest BCUT2D eigenvalue weighted by Crippen LogP contribution is -2.53. The van der Waals surface area contributed by atoms with Crippen LogP contribution in [0, 0.1) is 0 Å². The molecule has 42 heavy (non-hydrogen) atoms. The van der Waals surface area contributed by atoms with Crippen molar-refractivity contribution in [3.8, 4) is 11.5 Å². The lowest BCUT2D eigenvalue weighted by atomic mass is 9.85. The number of nitrogens with zero attached hydrogens (tertiary/aromatic N) is 1. The number of carbonyl (C=O) groups is 1. The molecule has 0 saturated heterocycles. The summed E-state index contributed by atoms with van der Waals surface area (Å²) in [4.78, 5) is 19.1. The number of sulfone groups is 1. The Morgan fingerprint density at radius 1 is 1.05 bits per heavy atom. The molecule has 0 unspecified atom stereocenters. The van der Waals surface area contributed by atoms with Crippen LogP contribution in [-0.4, -0.2) is 63.0 Å². The Morgan fingerprint density at radius 2 is 1.81 bits per heavy atom. The van der Waals surface area contributed by atoms with E-state index in [1.54, 1.807) is 79.9 Å². The van der Waals surface area contributed by atoms with E-state index in [2.05, 4.69) is 10.9 Å². The summed E-state index contributed by atoms with van der Waals surface area (Å²) in [6.07, 6.45) is 1.32. The van der Waals surface area contributed by atoms with Gasteiger partial charge >= 0.3 is 0 Å². The molecule has 3 aromatic rings. The standard InChI is InChI=1S/C31H35N3O7S/c1-39-26-8-5-7-23(21-26)28-31(30(36)34-33-24-13-14-24,17-20-42(37,38)27-9-3-2-4-10-27)32-29(41-28)22-11-15-25(16-12-22)40-19-6-18-35/h2-5,7-12,15-16,21,24,28,33,35H,6,13-14,17-20H2,1H3,(H,34,36)/t28-,31-/m0/s1. The number of benzene rings is 3.